The van der Waals surface area contributed by atoms with E-state index in [0.29, 0.717) is 25.1 Å². The van der Waals surface area contributed by atoms with E-state index in [1.165, 1.54) is 0 Å². The molecular weight excluding hydrogens is 330 g/mol. The summed E-state index contributed by atoms with van der Waals surface area (Å²) in [4.78, 5) is 23.4. The van der Waals surface area contributed by atoms with Crippen LogP contribution in [0.1, 0.15) is 24.0 Å². The number of ether oxygens (including phenoxy) is 1. The standard InChI is InChI=1S/C20H21N3O3/c1-26-18-5-3-2-4-16(18)8-11-20(25)23-17-9-6-15(7-10-17)14-22-19(24)12-13-21/h2-7,9-10H,8,11-12,14H2,1H3,(H,22,24)(H,23,25). The zero-order valence-corrected chi connectivity index (χ0v) is 14.6. The normalized spacial score (nSPS) is 9.85. The van der Waals surface area contributed by atoms with Gasteiger partial charge in [-0.25, -0.2) is 0 Å². The SMILES string of the molecule is COc1ccccc1CCC(=O)Nc1ccc(CNC(=O)CC#N)cc1. The van der Waals surface area contributed by atoms with E-state index in [4.69, 9.17) is 10.00 Å². The van der Waals surface area contributed by atoms with Gasteiger partial charge in [-0.2, -0.15) is 5.26 Å². The highest BCUT2D eigenvalue weighted by Gasteiger charge is 2.07. The van der Waals surface area contributed by atoms with E-state index in [1.54, 1.807) is 25.3 Å². The van der Waals surface area contributed by atoms with Crippen molar-refractivity contribution in [2.75, 3.05) is 12.4 Å². The van der Waals surface area contributed by atoms with E-state index in [1.807, 2.05) is 36.4 Å². The molecule has 134 valence electrons. The third-order valence-corrected chi connectivity index (χ3v) is 3.78. The van der Waals surface area contributed by atoms with Crippen LogP contribution in [-0.4, -0.2) is 18.9 Å². The molecule has 2 aromatic carbocycles. The zero-order valence-electron chi connectivity index (χ0n) is 14.6. The first kappa shape index (κ1) is 19.0. The first-order valence-corrected chi connectivity index (χ1v) is 8.26. The number of carbonyl (C=O) groups is 2. The van der Waals surface area contributed by atoms with Crippen molar-refractivity contribution in [3.8, 4) is 11.8 Å². The monoisotopic (exact) mass is 351 g/mol. The number of benzene rings is 2. The summed E-state index contributed by atoms with van der Waals surface area (Å²) in [6.45, 7) is 0.350. The second-order valence-electron chi connectivity index (χ2n) is 5.67. The largest absolute Gasteiger partial charge is 0.496 e. The summed E-state index contributed by atoms with van der Waals surface area (Å²) in [5, 5.41) is 13.9. The van der Waals surface area contributed by atoms with Gasteiger partial charge in [-0.1, -0.05) is 30.3 Å². The van der Waals surface area contributed by atoms with Crippen LogP contribution in [-0.2, 0) is 22.6 Å². The van der Waals surface area contributed by atoms with Gasteiger partial charge in [-0.05, 0) is 35.7 Å². The van der Waals surface area contributed by atoms with Crippen LogP contribution in [0.5, 0.6) is 5.75 Å². The summed E-state index contributed by atoms with van der Waals surface area (Å²) in [5.74, 6) is 0.398. The van der Waals surface area contributed by atoms with Crippen LogP contribution in [0.25, 0.3) is 0 Å². The molecule has 0 aromatic heterocycles. The fraction of sp³-hybridized carbons (Fsp3) is 0.250. The number of nitrogens with one attached hydrogen (secondary N) is 2. The molecule has 0 saturated heterocycles. The van der Waals surface area contributed by atoms with Gasteiger partial charge in [-0.3, -0.25) is 9.59 Å². The zero-order chi connectivity index (χ0) is 18.8. The number of hydrogen-bond acceptors (Lipinski definition) is 4. The maximum absolute atomic E-state index is 12.1. The topological polar surface area (TPSA) is 91.2 Å². The van der Waals surface area contributed by atoms with Gasteiger partial charge in [0.05, 0.1) is 13.2 Å². The smallest absolute Gasteiger partial charge is 0.234 e. The second kappa shape index (κ2) is 9.84. The third-order valence-electron chi connectivity index (χ3n) is 3.78. The van der Waals surface area contributed by atoms with Gasteiger partial charge in [0.2, 0.25) is 11.8 Å². The minimum absolute atomic E-state index is 0.0778. The van der Waals surface area contributed by atoms with Gasteiger partial charge in [0.15, 0.2) is 0 Å². The molecule has 26 heavy (non-hydrogen) atoms. The van der Waals surface area contributed by atoms with E-state index in [-0.39, 0.29) is 18.2 Å². The lowest BCUT2D eigenvalue weighted by Crippen LogP contribution is -2.21. The van der Waals surface area contributed by atoms with Crippen LogP contribution in [0.3, 0.4) is 0 Å². The number of amides is 2. The van der Waals surface area contributed by atoms with Crippen molar-refractivity contribution in [3.63, 3.8) is 0 Å². The van der Waals surface area contributed by atoms with Crippen LogP contribution in [0.2, 0.25) is 0 Å². The van der Waals surface area contributed by atoms with E-state index >= 15 is 0 Å². The second-order valence-corrected chi connectivity index (χ2v) is 5.67. The average molecular weight is 351 g/mol. The molecule has 0 bridgehead atoms. The summed E-state index contributed by atoms with van der Waals surface area (Å²) >= 11 is 0. The Morgan fingerprint density at radius 3 is 2.50 bits per heavy atom. The van der Waals surface area contributed by atoms with Gasteiger partial charge in [0.25, 0.3) is 0 Å². The first-order valence-electron chi connectivity index (χ1n) is 8.26. The van der Waals surface area contributed by atoms with Crippen molar-refractivity contribution in [3.05, 3.63) is 59.7 Å². The third kappa shape index (κ3) is 5.95. The van der Waals surface area contributed by atoms with Crippen LogP contribution in [0, 0.1) is 11.3 Å². The summed E-state index contributed by atoms with van der Waals surface area (Å²) < 4.78 is 5.28. The highest BCUT2D eigenvalue weighted by atomic mass is 16.5. The van der Waals surface area contributed by atoms with E-state index in [0.717, 1.165) is 16.9 Å². The maximum atomic E-state index is 12.1. The number of carbonyl (C=O) groups excluding carboxylic acids is 2. The molecule has 0 aliphatic carbocycles. The van der Waals surface area contributed by atoms with E-state index in [2.05, 4.69) is 10.6 Å². The molecule has 0 aliphatic rings. The van der Waals surface area contributed by atoms with Crippen molar-refractivity contribution in [1.29, 1.82) is 5.26 Å². The Morgan fingerprint density at radius 1 is 1.08 bits per heavy atom. The Labute approximate surface area is 152 Å². The number of nitrogens with zero attached hydrogens (tertiary/aromatic N) is 1. The molecule has 6 heteroatoms. The Balaban J connectivity index is 1.82. The van der Waals surface area contributed by atoms with Gasteiger partial charge in [-0.15, -0.1) is 0 Å². The number of rotatable bonds is 8. The van der Waals surface area contributed by atoms with Crippen LogP contribution in [0.4, 0.5) is 5.69 Å². The fourth-order valence-electron chi connectivity index (χ4n) is 2.42. The fourth-order valence-corrected chi connectivity index (χ4v) is 2.42. The molecule has 0 fully saturated rings. The first-order chi connectivity index (χ1) is 12.6. The molecule has 0 heterocycles. The van der Waals surface area contributed by atoms with Crippen molar-refractivity contribution in [1.82, 2.24) is 5.32 Å². The predicted molar refractivity (Wildman–Crippen MR) is 98.5 cm³/mol. The number of aryl methyl sites for hydroxylation is 1. The van der Waals surface area contributed by atoms with Crippen molar-refractivity contribution < 1.29 is 14.3 Å². The van der Waals surface area contributed by atoms with Gasteiger partial charge >= 0.3 is 0 Å². The molecule has 0 unspecified atom stereocenters. The molecule has 2 rings (SSSR count). The van der Waals surface area contributed by atoms with E-state index < -0.39 is 0 Å². The summed E-state index contributed by atoms with van der Waals surface area (Å²) in [6, 6.07) is 16.6. The molecule has 0 aliphatic heterocycles. The lowest BCUT2D eigenvalue weighted by atomic mass is 10.1. The van der Waals surface area contributed by atoms with Crippen molar-refractivity contribution >= 4 is 17.5 Å². The number of methoxy groups -OCH3 is 1. The predicted octanol–water partition coefficient (Wildman–Crippen LogP) is 2.80. The molecule has 6 nitrogen and oxygen atoms in total. The minimum atomic E-state index is -0.304. The molecule has 0 atom stereocenters. The lowest BCUT2D eigenvalue weighted by molar-refractivity contribution is -0.120. The average Bonchev–Trinajstić information content (AvgIpc) is 2.66. The Bertz CT molecular complexity index is 795. The summed E-state index contributed by atoms with van der Waals surface area (Å²) in [5.41, 5.74) is 2.58. The molecule has 2 amide bonds. The molecule has 0 saturated carbocycles. The maximum Gasteiger partial charge on any atom is 0.234 e. The summed E-state index contributed by atoms with van der Waals surface area (Å²) in [7, 11) is 1.61. The van der Waals surface area contributed by atoms with E-state index in [9.17, 15) is 9.59 Å². The number of para-hydroxylation sites is 1. The molecule has 0 radical (unpaired) electrons. The van der Waals surface area contributed by atoms with Crippen molar-refractivity contribution in [2.24, 2.45) is 0 Å². The number of nitriles is 1. The molecule has 2 N–H and O–H groups in total. The lowest BCUT2D eigenvalue weighted by Gasteiger charge is -2.09. The van der Waals surface area contributed by atoms with Gasteiger partial charge < -0.3 is 15.4 Å². The quantitative estimate of drug-likeness (QED) is 0.765. The molecular formula is C20H21N3O3. The highest BCUT2D eigenvalue weighted by molar-refractivity contribution is 5.90. The molecule has 0 spiro atoms. The van der Waals surface area contributed by atoms with Crippen molar-refractivity contribution in [2.45, 2.75) is 25.8 Å². The highest BCUT2D eigenvalue weighted by Crippen LogP contribution is 2.19. The van der Waals surface area contributed by atoms with Gasteiger partial charge in [0, 0.05) is 18.7 Å². The van der Waals surface area contributed by atoms with Crippen LogP contribution in [0.15, 0.2) is 48.5 Å². The van der Waals surface area contributed by atoms with Crippen LogP contribution < -0.4 is 15.4 Å². The van der Waals surface area contributed by atoms with Gasteiger partial charge in [0.1, 0.15) is 12.2 Å². The Morgan fingerprint density at radius 2 is 1.81 bits per heavy atom. The number of hydrogen-bond donors (Lipinski definition) is 2. The summed E-state index contributed by atoms with van der Waals surface area (Å²) in [6.07, 6.45) is 0.797. The van der Waals surface area contributed by atoms with Crippen LogP contribution >= 0.6 is 0 Å². The molecule has 2 aromatic rings. The Hall–Kier alpha value is -3.33. The minimum Gasteiger partial charge on any atom is -0.496 e. The number of anilines is 1. The Kier molecular flexibility index (Phi) is 7.19.